The van der Waals surface area contributed by atoms with Crippen LogP contribution in [-0.2, 0) is 17.9 Å². The van der Waals surface area contributed by atoms with Crippen LogP contribution in [0.2, 0.25) is 0 Å². The summed E-state index contributed by atoms with van der Waals surface area (Å²) in [7, 11) is 0. The number of hydrogen-bond acceptors (Lipinski definition) is 4. The molecule has 1 amide bonds. The molecule has 6 nitrogen and oxygen atoms in total. The van der Waals surface area contributed by atoms with Crippen LogP contribution in [0, 0.1) is 6.92 Å². The molecule has 25 heavy (non-hydrogen) atoms. The standard InChI is InChI=1S/C19H33N5O/c1-13(18(25)22-19(3,4)5)23-9-6-15(7-10-23)17-16-12-20-8-11-24(16)14(2)21-17/h13,15,20H,6-12H2,1-5H3,(H,22,25). The number of amides is 1. The smallest absolute Gasteiger partial charge is 0.237 e. The highest BCUT2D eigenvalue weighted by Gasteiger charge is 2.31. The molecule has 3 heterocycles. The summed E-state index contributed by atoms with van der Waals surface area (Å²) < 4.78 is 2.37. The van der Waals surface area contributed by atoms with Gasteiger partial charge in [-0.1, -0.05) is 0 Å². The first-order chi connectivity index (χ1) is 11.8. The summed E-state index contributed by atoms with van der Waals surface area (Å²) in [6.45, 7) is 15.1. The summed E-state index contributed by atoms with van der Waals surface area (Å²) in [4.78, 5) is 19.6. The molecule has 140 valence electrons. The van der Waals surface area contributed by atoms with Gasteiger partial charge in [0, 0.05) is 31.1 Å². The van der Waals surface area contributed by atoms with E-state index in [1.54, 1.807) is 0 Å². The molecule has 0 aromatic carbocycles. The van der Waals surface area contributed by atoms with Gasteiger partial charge in [-0.3, -0.25) is 9.69 Å². The van der Waals surface area contributed by atoms with Crippen LogP contribution in [0.1, 0.15) is 63.7 Å². The molecule has 1 atom stereocenters. The third-order valence-corrected chi connectivity index (χ3v) is 5.44. The van der Waals surface area contributed by atoms with Crippen LogP contribution in [0.5, 0.6) is 0 Å². The monoisotopic (exact) mass is 347 g/mol. The average Bonchev–Trinajstić information content (AvgIpc) is 2.90. The van der Waals surface area contributed by atoms with Crippen molar-refractivity contribution in [2.24, 2.45) is 0 Å². The zero-order valence-electron chi connectivity index (χ0n) is 16.4. The SMILES string of the molecule is Cc1nc(C2CCN(C(C)C(=O)NC(C)(C)C)CC2)c2n1CCNC2. The minimum Gasteiger partial charge on any atom is -0.350 e. The normalized spacial score (nSPS) is 21.0. The van der Waals surface area contributed by atoms with Gasteiger partial charge in [0.15, 0.2) is 0 Å². The maximum Gasteiger partial charge on any atom is 0.237 e. The molecule has 2 aliphatic heterocycles. The summed E-state index contributed by atoms with van der Waals surface area (Å²) in [6, 6.07) is -0.0699. The molecular weight excluding hydrogens is 314 g/mol. The Labute approximate surface area is 151 Å². The van der Waals surface area contributed by atoms with E-state index in [2.05, 4.69) is 27.0 Å². The van der Waals surface area contributed by atoms with Gasteiger partial charge in [-0.25, -0.2) is 4.98 Å². The average molecular weight is 348 g/mol. The third-order valence-electron chi connectivity index (χ3n) is 5.44. The number of carbonyl (C=O) groups is 1. The number of fused-ring (bicyclic) bond motifs is 1. The highest BCUT2D eigenvalue weighted by Crippen LogP contribution is 2.31. The largest absolute Gasteiger partial charge is 0.350 e. The van der Waals surface area contributed by atoms with Crippen LogP contribution >= 0.6 is 0 Å². The topological polar surface area (TPSA) is 62.2 Å². The molecule has 1 unspecified atom stereocenters. The van der Waals surface area contributed by atoms with Crippen LogP contribution < -0.4 is 10.6 Å². The predicted molar refractivity (Wildman–Crippen MR) is 99.6 cm³/mol. The molecule has 1 aromatic heterocycles. The van der Waals surface area contributed by atoms with E-state index in [1.165, 1.54) is 11.4 Å². The highest BCUT2D eigenvalue weighted by molar-refractivity contribution is 5.81. The Morgan fingerprint density at radius 2 is 1.96 bits per heavy atom. The van der Waals surface area contributed by atoms with Crippen molar-refractivity contribution in [2.45, 2.75) is 78.0 Å². The molecule has 1 saturated heterocycles. The molecule has 0 aliphatic carbocycles. The van der Waals surface area contributed by atoms with Gasteiger partial charge in [0.25, 0.3) is 0 Å². The molecule has 1 aromatic rings. The number of imidazole rings is 1. The Balaban J connectivity index is 1.62. The fourth-order valence-corrected chi connectivity index (χ4v) is 4.04. The Morgan fingerprint density at radius 1 is 1.28 bits per heavy atom. The Morgan fingerprint density at radius 3 is 2.60 bits per heavy atom. The van der Waals surface area contributed by atoms with Crippen molar-refractivity contribution in [1.29, 1.82) is 0 Å². The number of rotatable bonds is 3. The van der Waals surface area contributed by atoms with Crippen LogP contribution in [-0.4, -0.2) is 51.6 Å². The summed E-state index contributed by atoms with van der Waals surface area (Å²) >= 11 is 0. The number of carbonyl (C=O) groups excluding carboxylic acids is 1. The second-order valence-electron chi connectivity index (χ2n) is 8.54. The lowest BCUT2D eigenvalue weighted by Gasteiger charge is -2.36. The second kappa shape index (κ2) is 7.08. The first-order valence-corrected chi connectivity index (χ1v) is 9.59. The van der Waals surface area contributed by atoms with Crippen molar-refractivity contribution >= 4 is 5.91 Å². The molecular formula is C19H33N5O. The zero-order valence-corrected chi connectivity index (χ0v) is 16.4. The third kappa shape index (κ3) is 4.06. The van der Waals surface area contributed by atoms with Crippen LogP contribution in [0.3, 0.4) is 0 Å². The van der Waals surface area contributed by atoms with Crippen LogP contribution in [0.4, 0.5) is 0 Å². The van der Waals surface area contributed by atoms with Crippen molar-refractivity contribution in [2.75, 3.05) is 19.6 Å². The molecule has 1 fully saturated rings. The predicted octanol–water partition coefficient (Wildman–Crippen LogP) is 1.78. The lowest BCUT2D eigenvalue weighted by molar-refractivity contribution is -0.127. The van der Waals surface area contributed by atoms with Crippen LogP contribution in [0.25, 0.3) is 0 Å². The fourth-order valence-electron chi connectivity index (χ4n) is 4.04. The Bertz CT molecular complexity index is 622. The molecule has 6 heteroatoms. The number of aryl methyl sites for hydroxylation is 1. The molecule has 2 N–H and O–H groups in total. The van der Waals surface area contributed by atoms with Gasteiger partial charge in [-0.15, -0.1) is 0 Å². The van der Waals surface area contributed by atoms with Gasteiger partial charge in [0.1, 0.15) is 5.82 Å². The molecule has 0 bridgehead atoms. The van der Waals surface area contributed by atoms with Gasteiger partial charge >= 0.3 is 0 Å². The number of aromatic nitrogens is 2. The van der Waals surface area contributed by atoms with Crippen molar-refractivity contribution in [1.82, 2.24) is 25.1 Å². The maximum atomic E-state index is 12.4. The quantitative estimate of drug-likeness (QED) is 0.875. The molecule has 2 aliphatic rings. The number of nitrogens with zero attached hydrogens (tertiary/aromatic N) is 3. The molecule has 0 saturated carbocycles. The van der Waals surface area contributed by atoms with E-state index in [9.17, 15) is 4.79 Å². The van der Waals surface area contributed by atoms with Crippen molar-refractivity contribution in [3.63, 3.8) is 0 Å². The van der Waals surface area contributed by atoms with Crippen molar-refractivity contribution < 1.29 is 4.79 Å². The minimum atomic E-state index is -0.177. The van der Waals surface area contributed by atoms with Gasteiger partial charge in [0.2, 0.25) is 5.91 Å². The summed E-state index contributed by atoms with van der Waals surface area (Å²) in [5, 5.41) is 6.57. The minimum absolute atomic E-state index is 0.0699. The van der Waals surface area contributed by atoms with Crippen molar-refractivity contribution in [3.05, 3.63) is 17.2 Å². The maximum absolute atomic E-state index is 12.4. The first kappa shape index (κ1) is 18.4. The Kier molecular flexibility index (Phi) is 5.21. The van der Waals surface area contributed by atoms with Gasteiger partial charge in [-0.05, 0) is 60.5 Å². The lowest BCUT2D eigenvalue weighted by Crippen LogP contribution is -2.52. The van der Waals surface area contributed by atoms with E-state index in [0.717, 1.165) is 51.4 Å². The fraction of sp³-hybridized carbons (Fsp3) is 0.789. The number of likely N-dealkylation sites (tertiary alicyclic amines) is 1. The zero-order chi connectivity index (χ0) is 18.2. The second-order valence-corrected chi connectivity index (χ2v) is 8.54. The van der Waals surface area contributed by atoms with E-state index in [-0.39, 0.29) is 17.5 Å². The van der Waals surface area contributed by atoms with Crippen LogP contribution in [0.15, 0.2) is 0 Å². The lowest BCUT2D eigenvalue weighted by atomic mass is 9.91. The van der Waals surface area contributed by atoms with E-state index < -0.39 is 0 Å². The molecule has 0 radical (unpaired) electrons. The summed E-state index contributed by atoms with van der Waals surface area (Å²) in [5.74, 6) is 1.79. The van der Waals surface area contributed by atoms with E-state index in [1.807, 2.05) is 27.7 Å². The first-order valence-electron chi connectivity index (χ1n) is 9.59. The number of piperidine rings is 1. The molecule has 3 rings (SSSR count). The van der Waals surface area contributed by atoms with E-state index in [4.69, 9.17) is 4.98 Å². The van der Waals surface area contributed by atoms with E-state index >= 15 is 0 Å². The molecule has 0 spiro atoms. The summed E-state index contributed by atoms with van der Waals surface area (Å²) in [6.07, 6.45) is 2.16. The van der Waals surface area contributed by atoms with Gasteiger partial charge in [0.05, 0.1) is 17.4 Å². The number of hydrogen-bond donors (Lipinski definition) is 2. The number of nitrogens with one attached hydrogen (secondary N) is 2. The van der Waals surface area contributed by atoms with E-state index in [0.29, 0.717) is 5.92 Å². The Hall–Kier alpha value is -1.40. The highest BCUT2D eigenvalue weighted by atomic mass is 16.2. The van der Waals surface area contributed by atoms with Crippen molar-refractivity contribution in [3.8, 4) is 0 Å². The summed E-state index contributed by atoms with van der Waals surface area (Å²) in [5.41, 5.74) is 2.49. The van der Waals surface area contributed by atoms with Gasteiger partial charge < -0.3 is 15.2 Å². The van der Waals surface area contributed by atoms with Gasteiger partial charge in [-0.2, -0.15) is 0 Å².